The van der Waals surface area contributed by atoms with Crippen LogP contribution < -0.4 is 15.4 Å². The Balaban J connectivity index is 1.83. The van der Waals surface area contributed by atoms with Gasteiger partial charge in [0, 0.05) is 33.8 Å². The van der Waals surface area contributed by atoms with E-state index in [0.29, 0.717) is 6.04 Å². The van der Waals surface area contributed by atoms with Gasteiger partial charge in [-0.2, -0.15) is 0 Å². The van der Waals surface area contributed by atoms with Crippen molar-refractivity contribution in [2.75, 3.05) is 13.1 Å². The van der Waals surface area contributed by atoms with Gasteiger partial charge in [0.05, 0.1) is 12.1 Å². The molecule has 1 aliphatic rings. The molecule has 2 aromatic rings. The van der Waals surface area contributed by atoms with Crippen molar-refractivity contribution >= 4 is 30.3 Å². The van der Waals surface area contributed by atoms with E-state index in [0.717, 1.165) is 13.1 Å². The van der Waals surface area contributed by atoms with Crippen molar-refractivity contribution in [2.45, 2.75) is 31.0 Å². The quantitative estimate of drug-likeness (QED) is 0.409. The lowest BCUT2D eigenvalue weighted by atomic mass is 9.94. The number of halogens is 1. The van der Waals surface area contributed by atoms with Crippen LogP contribution in [0.3, 0.4) is 0 Å². The Labute approximate surface area is 161 Å². The minimum absolute atomic E-state index is 0.219. The molecule has 24 heavy (non-hydrogen) atoms. The van der Waals surface area contributed by atoms with Crippen molar-refractivity contribution in [1.82, 2.24) is 15.4 Å². The first-order chi connectivity index (χ1) is 11.9. The van der Waals surface area contributed by atoms with Crippen LogP contribution in [0.2, 0.25) is 0 Å². The lowest BCUT2D eigenvalue weighted by Crippen LogP contribution is -2.40. The van der Waals surface area contributed by atoms with Gasteiger partial charge in [-0.05, 0) is 39.6 Å². The van der Waals surface area contributed by atoms with Crippen LogP contribution >= 0.6 is 30.3 Å². The Bertz CT molecular complexity index is 590. The van der Waals surface area contributed by atoms with Gasteiger partial charge in [-0.1, -0.05) is 60.7 Å². The first kappa shape index (κ1) is 18.2. The summed E-state index contributed by atoms with van der Waals surface area (Å²) in [6.45, 7) is 2.14. The molecule has 1 saturated heterocycles. The molecule has 0 spiro atoms. The summed E-state index contributed by atoms with van der Waals surface area (Å²) >= 11 is 2.31. The summed E-state index contributed by atoms with van der Waals surface area (Å²) in [5, 5.41) is 7.40. The first-order valence-electron chi connectivity index (χ1n) is 8.48. The van der Waals surface area contributed by atoms with Gasteiger partial charge in [0.2, 0.25) is 0 Å². The number of nitrogens with one attached hydrogen (secondary N) is 3. The molecule has 0 unspecified atom stereocenters. The largest absolute Gasteiger partial charge is 0.313 e. The fraction of sp³-hybridized carbons (Fsp3) is 0.368. The lowest BCUT2D eigenvalue weighted by Gasteiger charge is -2.30. The van der Waals surface area contributed by atoms with Crippen molar-refractivity contribution in [3.8, 4) is 0 Å². The van der Waals surface area contributed by atoms with E-state index < -0.39 is 0 Å². The van der Waals surface area contributed by atoms with E-state index in [1.54, 1.807) is 9.12 Å². The molecule has 128 valence electrons. The van der Waals surface area contributed by atoms with E-state index in [2.05, 4.69) is 97.2 Å². The zero-order valence-corrected chi connectivity index (χ0v) is 16.6. The van der Waals surface area contributed by atoms with Crippen molar-refractivity contribution in [3.63, 3.8) is 0 Å². The molecule has 0 radical (unpaired) electrons. The second-order valence-corrected chi connectivity index (χ2v) is 7.88. The first-order valence-corrected chi connectivity index (χ1v) is 11.8. The number of hydrogen-bond acceptors (Lipinski definition) is 4. The van der Waals surface area contributed by atoms with E-state index in [9.17, 15) is 0 Å². The molecule has 0 saturated carbocycles. The summed E-state index contributed by atoms with van der Waals surface area (Å²) in [6, 6.07) is 22.5. The molecule has 5 heteroatoms. The molecule has 1 aliphatic heterocycles. The molecule has 2 aromatic carbocycles. The van der Waals surface area contributed by atoms with Gasteiger partial charge in [-0.25, -0.2) is 4.72 Å². The van der Waals surface area contributed by atoms with Crippen molar-refractivity contribution in [1.29, 1.82) is 0 Å². The average Bonchev–Trinajstić information content (AvgIpc) is 3.16. The predicted molar refractivity (Wildman–Crippen MR) is 112 cm³/mol. The van der Waals surface area contributed by atoms with E-state index in [4.69, 9.17) is 0 Å². The highest BCUT2D eigenvalue weighted by Gasteiger charge is 2.25. The molecule has 0 aliphatic carbocycles. The van der Waals surface area contributed by atoms with Crippen LogP contribution in [0.5, 0.6) is 0 Å². The third-order valence-corrected chi connectivity index (χ3v) is 5.67. The Morgan fingerprint density at radius 1 is 1.00 bits per heavy atom. The summed E-state index contributed by atoms with van der Waals surface area (Å²) in [5.74, 6) is 0. The molecule has 3 N–H and O–H groups in total. The summed E-state index contributed by atoms with van der Waals surface area (Å²) in [6.07, 6.45) is 2.55. The van der Waals surface area contributed by atoms with Gasteiger partial charge in [-0.15, -0.1) is 0 Å². The zero-order chi connectivity index (χ0) is 16.6. The Morgan fingerprint density at radius 3 is 2.17 bits per heavy atom. The van der Waals surface area contributed by atoms with Gasteiger partial charge in [0.25, 0.3) is 0 Å². The number of rotatable bonds is 8. The van der Waals surface area contributed by atoms with Gasteiger partial charge in [0.15, 0.2) is 0 Å². The monoisotopic (exact) mass is 453 g/mol. The number of hydrogen-bond donors (Lipinski definition) is 3. The lowest BCUT2D eigenvalue weighted by molar-refractivity contribution is 0.408. The van der Waals surface area contributed by atoms with Gasteiger partial charge in [-0.3, -0.25) is 0 Å². The minimum Gasteiger partial charge on any atom is -0.313 e. The third kappa shape index (κ3) is 4.95. The van der Waals surface area contributed by atoms with Crippen LogP contribution in [0, 0.1) is 0 Å². The highest BCUT2D eigenvalue weighted by Crippen LogP contribution is 2.31. The van der Waals surface area contributed by atoms with Crippen LogP contribution in [0.1, 0.15) is 36.1 Å². The maximum Gasteiger partial charge on any atom is 0.0623 e. The summed E-state index contributed by atoms with van der Waals surface area (Å²) in [7, 11) is 1.65. The van der Waals surface area contributed by atoms with Crippen LogP contribution in [0.4, 0.5) is 0 Å². The Morgan fingerprint density at radius 2 is 1.62 bits per heavy atom. The smallest absolute Gasteiger partial charge is 0.0623 e. The molecule has 0 bridgehead atoms. The standard InChI is InChI=1S/C19H24IN3S/c20-24-23-19(16-10-5-2-6-11-16)18(15-8-3-1-4-9-15)22-14-17-12-7-13-21-17/h1-6,8-11,17-19,21-23H,7,12-14H2/t17-,18-,19-/m0/s1. The summed E-state index contributed by atoms with van der Waals surface area (Å²) in [5.41, 5.74) is 2.63. The maximum absolute atomic E-state index is 3.82. The predicted octanol–water partition coefficient (Wildman–Crippen LogP) is 4.40. The summed E-state index contributed by atoms with van der Waals surface area (Å²) in [4.78, 5) is 0. The van der Waals surface area contributed by atoms with E-state index in [1.807, 2.05) is 0 Å². The third-order valence-electron chi connectivity index (χ3n) is 4.57. The fourth-order valence-corrected chi connectivity index (χ4v) is 4.52. The zero-order valence-electron chi connectivity index (χ0n) is 13.6. The molecule has 3 atom stereocenters. The topological polar surface area (TPSA) is 36.1 Å². The second-order valence-electron chi connectivity index (χ2n) is 6.17. The highest BCUT2D eigenvalue weighted by molar-refractivity contribution is 14.2. The van der Waals surface area contributed by atoms with Crippen LogP contribution in [-0.2, 0) is 0 Å². The Kier molecular flexibility index (Phi) is 7.41. The minimum atomic E-state index is 0.219. The Hall–Kier alpha value is -0.600. The fourth-order valence-electron chi connectivity index (χ4n) is 3.33. The van der Waals surface area contributed by atoms with Gasteiger partial charge in [0.1, 0.15) is 0 Å². The van der Waals surface area contributed by atoms with Crippen molar-refractivity contribution in [2.24, 2.45) is 0 Å². The molecule has 3 rings (SSSR count). The normalized spacial score (nSPS) is 20.0. The second kappa shape index (κ2) is 9.77. The molecular formula is C19H24IN3S. The highest BCUT2D eigenvalue weighted by atomic mass is 127. The van der Waals surface area contributed by atoms with Crippen LogP contribution in [-0.4, -0.2) is 19.1 Å². The van der Waals surface area contributed by atoms with E-state index in [-0.39, 0.29) is 12.1 Å². The van der Waals surface area contributed by atoms with Crippen molar-refractivity contribution in [3.05, 3.63) is 71.8 Å². The molecule has 1 heterocycles. The van der Waals surface area contributed by atoms with Gasteiger partial charge < -0.3 is 10.6 Å². The molecular weight excluding hydrogens is 429 g/mol. The molecule has 0 amide bonds. The maximum atomic E-state index is 3.82. The van der Waals surface area contributed by atoms with Crippen LogP contribution in [0.25, 0.3) is 0 Å². The van der Waals surface area contributed by atoms with E-state index >= 15 is 0 Å². The molecule has 1 fully saturated rings. The average molecular weight is 453 g/mol. The SMILES string of the molecule is ISN[C@@H](c1ccccc1)[C@@H](NC[C@@H]1CCCN1)c1ccccc1. The molecule has 3 nitrogen and oxygen atoms in total. The van der Waals surface area contributed by atoms with Gasteiger partial charge >= 0.3 is 0 Å². The van der Waals surface area contributed by atoms with Crippen LogP contribution in [0.15, 0.2) is 60.7 Å². The number of benzene rings is 2. The van der Waals surface area contributed by atoms with E-state index in [1.165, 1.54) is 24.0 Å². The van der Waals surface area contributed by atoms with Crippen molar-refractivity contribution < 1.29 is 0 Å². The molecule has 0 aromatic heterocycles. The summed E-state index contributed by atoms with van der Waals surface area (Å²) < 4.78 is 3.59.